The lowest BCUT2D eigenvalue weighted by Crippen LogP contribution is -2.23. The molecule has 0 saturated heterocycles. The van der Waals surface area contributed by atoms with E-state index in [0.717, 1.165) is 52.2 Å². The first-order valence-electron chi connectivity index (χ1n) is 11.6. The van der Waals surface area contributed by atoms with Gasteiger partial charge in [-0.15, -0.1) is 0 Å². The number of aliphatic hydroxyl groups is 1. The molecule has 4 aromatic rings. The van der Waals surface area contributed by atoms with Crippen LogP contribution in [0.2, 0.25) is 0 Å². The lowest BCUT2D eigenvalue weighted by molar-refractivity contribution is 0.111. The number of imidazole rings is 2. The van der Waals surface area contributed by atoms with E-state index < -0.39 is 15.3 Å². The van der Waals surface area contributed by atoms with Gasteiger partial charge < -0.3 is 15.4 Å². The Kier molecular flexibility index (Phi) is 5.69. The van der Waals surface area contributed by atoms with Crippen LogP contribution in [0.4, 0.5) is 5.95 Å². The highest BCUT2D eigenvalue weighted by Crippen LogP contribution is 2.39. The average Bonchev–Trinajstić information content (AvgIpc) is 3.40. The van der Waals surface area contributed by atoms with Crippen molar-refractivity contribution in [2.75, 3.05) is 5.73 Å². The maximum absolute atomic E-state index is 13.1. The number of nitrogen functional groups attached to an aromatic ring is 1. The molecule has 0 atom stereocenters. The highest BCUT2D eigenvalue weighted by atomic mass is 32.2. The Morgan fingerprint density at radius 2 is 1.74 bits per heavy atom. The van der Waals surface area contributed by atoms with Crippen LogP contribution in [0.3, 0.4) is 0 Å². The van der Waals surface area contributed by atoms with Crippen LogP contribution in [0.1, 0.15) is 45.6 Å². The minimum Gasteiger partial charge on any atom is -0.393 e. The normalized spacial score (nSPS) is 19.2. The van der Waals surface area contributed by atoms with Crippen LogP contribution in [-0.2, 0) is 10.0 Å². The second kappa shape index (κ2) is 8.56. The summed E-state index contributed by atoms with van der Waals surface area (Å²) in [7, 11) is -3.70. The van der Waals surface area contributed by atoms with Crippen LogP contribution >= 0.6 is 0 Å². The third-order valence-corrected chi connectivity index (χ3v) is 8.75. The Morgan fingerprint density at radius 3 is 2.41 bits per heavy atom. The fourth-order valence-electron chi connectivity index (χ4n) is 4.77. The van der Waals surface area contributed by atoms with E-state index in [1.807, 2.05) is 54.9 Å². The molecule has 0 amide bonds. The molecule has 0 bridgehead atoms. The van der Waals surface area contributed by atoms with Crippen LogP contribution in [0.25, 0.3) is 33.5 Å². The maximum atomic E-state index is 13.1. The third-order valence-electron chi connectivity index (χ3n) is 6.66. The SMILES string of the molecule is CC(C)S(=O)(=O)n1c(N)nc2ccc(-c3c(-c4ccccc4)ncn3[C@H]3CC[C@H](O)CC3)cc21. The zero-order valence-corrected chi connectivity index (χ0v) is 20.1. The molecular formula is C25H29N5O3S. The van der Waals surface area contributed by atoms with Gasteiger partial charge in [-0.2, -0.15) is 0 Å². The molecule has 178 valence electrons. The Morgan fingerprint density at radius 1 is 1.03 bits per heavy atom. The molecule has 9 heteroatoms. The molecule has 0 unspecified atom stereocenters. The molecule has 1 fully saturated rings. The Labute approximate surface area is 199 Å². The summed E-state index contributed by atoms with van der Waals surface area (Å²) in [4.78, 5) is 9.07. The van der Waals surface area contributed by atoms with Gasteiger partial charge in [-0.1, -0.05) is 36.4 Å². The fourth-order valence-corrected chi connectivity index (χ4v) is 5.91. The quantitative estimate of drug-likeness (QED) is 0.443. The van der Waals surface area contributed by atoms with Gasteiger partial charge in [-0.3, -0.25) is 0 Å². The first kappa shape index (κ1) is 22.6. The van der Waals surface area contributed by atoms with Crippen molar-refractivity contribution in [3.8, 4) is 22.5 Å². The molecule has 0 aliphatic heterocycles. The van der Waals surface area contributed by atoms with Crippen molar-refractivity contribution >= 4 is 27.0 Å². The van der Waals surface area contributed by atoms with Gasteiger partial charge in [0, 0.05) is 17.2 Å². The minimum absolute atomic E-state index is 0.0427. The lowest BCUT2D eigenvalue weighted by atomic mass is 9.92. The summed E-state index contributed by atoms with van der Waals surface area (Å²) in [5, 5.41) is 9.37. The Balaban J connectivity index is 1.72. The van der Waals surface area contributed by atoms with Crippen molar-refractivity contribution in [2.24, 2.45) is 0 Å². The largest absolute Gasteiger partial charge is 0.393 e. The van der Waals surface area contributed by atoms with E-state index in [9.17, 15) is 13.5 Å². The summed E-state index contributed by atoms with van der Waals surface area (Å²) in [5.74, 6) is -0.0427. The van der Waals surface area contributed by atoms with Crippen molar-refractivity contribution < 1.29 is 13.5 Å². The van der Waals surface area contributed by atoms with Gasteiger partial charge >= 0.3 is 0 Å². The molecule has 1 aliphatic carbocycles. The molecule has 2 aromatic heterocycles. The first-order chi connectivity index (χ1) is 16.3. The predicted molar refractivity (Wildman–Crippen MR) is 134 cm³/mol. The number of anilines is 1. The molecule has 0 spiro atoms. The molecule has 1 saturated carbocycles. The van der Waals surface area contributed by atoms with Gasteiger partial charge in [0.05, 0.1) is 40.1 Å². The van der Waals surface area contributed by atoms with E-state index in [1.54, 1.807) is 13.8 Å². The third kappa shape index (κ3) is 3.78. The monoisotopic (exact) mass is 479 g/mol. The number of nitrogens with zero attached hydrogens (tertiary/aromatic N) is 4. The minimum atomic E-state index is -3.70. The van der Waals surface area contributed by atoms with Crippen molar-refractivity contribution in [3.05, 3.63) is 54.9 Å². The zero-order valence-electron chi connectivity index (χ0n) is 19.3. The number of fused-ring (bicyclic) bond motifs is 1. The molecule has 2 aromatic carbocycles. The molecule has 8 nitrogen and oxygen atoms in total. The molecular weight excluding hydrogens is 450 g/mol. The van der Waals surface area contributed by atoms with Crippen molar-refractivity contribution in [1.29, 1.82) is 0 Å². The molecule has 1 aliphatic rings. The highest BCUT2D eigenvalue weighted by molar-refractivity contribution is 7.90. The van der Waals surface area contributed by atoms with E-state index >= 15 is 0 Å². The molecule has 2 heterocycles. The average molecular weight is 480 g/mol. The number of aliphatic hydroxyl groups excluding tert-OH is 1. The number of benzene rings is 2. The highest BCUT2D eigenvalue weighted by Gasteiger charge is 2.28. The summed E-state index contributed by atoms with van der Waals surface area (Å²) in [5.41, 5.74) is 10.6. The molecule has 3 N–H and O–H groups in total. The summed E-state index contributed by atoms with van der Waals surface area (Å²) in [6.07, 6.45) is 4.81. The smallest absolute Gasteiger partial charge is 0.244 e. The Bertz CT molecular complexity index is 1430. The predicted octanol–water partition coefficient (Wildman–Crippen LogP) is 4.21. The summed E-state index contributed by atoms with van der Waals surface area (Å²) in [6, 6.07) is 15.8. The number of hydrogen-bond donors (Lipinski definition) is 2. The van der Waals surface area contributed by atoms with Crippen LogP contribution in [0.5, 0.6) is 0 Å². The number of rotatable bonds is 5. The Hall–Kier alpha value is -3.17. The van der Waals surface area contributed by atoms with Gasteiger partial charge in [0.25, 0.3) is 0 Å². The second-order valence-electron chi connectivity index (χ2n) is 9.21. The number of aromatic nitrogens is 4. The van der Waals surface area contributed by atoms with E-state index in [1.165, 1.54) is 0 Å². The summed E-state index contributed by atoms with van der Waals surface area (Å²) in [6.45, 7) is 3.26. The van der Waals surface area contributed by atoms with Crippen LogP contribution in [0.15, 0.2) is 54.9 Å². The van der Waals surface area contributed by atoms with E-state index in [2.05, 4.69) is 9.55 Å². The van der Waals surface area contributed by atoms with Gasteiger partial charge in [-0.05, 0) is 51.7 Å². The fraction of sp³-hybridized carbons (Fsp3) is 0.360. The second-order valence-corrected chi connectivity index (χ2v) is 11.5. The van der Waals surface area contributed by atoms with Crippen molar-refractivity contribution in [3.63, 3.8) is 0 Å². The van der Waals surface area contributed by atoms with E-state index in [-0.39, 0.29) is 18.1 Å². The number of nitrogens with two attached hydrogens (primary N) is 1. The first-order valence-corrected chi connectivity index (χ1v) is 13.1. The van der Waals surface area contributed by atoms with Crippen molar-refractivity contribution in [1.82, 2.24) is 18.5 Å². The topological polar surface area (TPSA) is 116 Å². The lowest BCUT2D eigenvalue weighted by Gasteiger charge is -2.28. The van der Waals surface area contributed by atoms with Gasteiger partial charge in [0.2, 0.25) is 16.0 Å². The zero-order chi connectivity index (χ0) is 24.0. The standard InChI is InChI=1S/C25H29N5O3S/c1-16(2)34(32,33)30-22-14-18(8-13-21(22)28-25(30)26)24-23(17-6-4-3-5-7-17)27-15-29(24)19-9-11-20(31)12-10-19/h3-8,13-16,19-20,31H,9-12H2,1-2H3,(H2,26,28)/t19-,20-. The molecule has 0 radical (unpaired) electrons. The van der Waals surface area contributed by atoms with Gasteiger partial charge in [-0.25, -0.2) is 22.4 Å². The summed E-state index contributed by atoms with van der Waals surface area (Å²) < 4.78 is 29.4. The van der Waals surface area contributed by atoms with Crippen LogP contribution < -0.4 is 5.73 Å². The van der Waals surface area contributed by atoms with Gasteiger partial charge in [0.15, 0.2) is 0 Å². The van der Waals surface area contributed by atoms with E-state index in [4.69, 9.17) is 10.7 Å². The number of hydrogen-bond acceptors (Lipinski definition) is 6. The summed E-state index contributed by atoms with van der Waals surface area (Å²) >= 11 is 0. The van der Waals surface area contributed by atoms with Crippen molar-refractivity contribution in [2.45, 2.75) is 56.9 Å². The van der Waals surface area contributed by atoms with Gasteiger partial charge in [0.1, 0.15) is 0 Å². The van der Waals surface area contributed by atoms with Crippen LogP contribution in [0, 0.1) is 0 Å². The van der Waals surface area contributed by atoms with Crippen LogP contribution in [-0.4, -0.2) is 43.4 Å². The van der Waals surface area contributed by atoms with E-state index in [0.29, 0.717) is 11.0 Å². The molecule has 5 rings (SSSR count). The molecule has 34 heavy (non-hydrogen) atoms. The maximum Gasteiger partial charge on any atom is 0.244 e.